The predicted molar refractivity (Wildman–Crippen MR) is 55.0 cm³/mol. The van der Waals surface area contributed by atoms with Crippen LogP contribution in [0.25, 0.3) is 0 Å². The molecule has 3 heteroatoms. The van der Waals surface area contributed by atoms with Gasteiger partial charge >= 0.3 is 0 Å². The fourth-order valence-corrected chi connectivity index (χ4v) is 4.00. The van der Waals surface area contributed by atoms with E-state index in [1.54, 1.807) is 0 Å². The molecule has 1 spiro atoms. The molecule has 15 heavy (non-hydrogen) atoms. The highest BCUT2D eigenvalue weighted by molar-refractivity contribution is 5.22. The topological polar surface area (TPSA) is 3.24 Å². The Morgan fingerprint density at radius 2 is 1.87 bits per heavy atom. The highest BCUT2D eigenvalue weighted by atomic mass is 19.3. The Hall–Kier alpha value is -0.180. The highest BCUT2D eigenvalue weighted by Crippen LogP contribution is 2.70. The van der Waals surface area contributed by atoms with Crippen LogP contribution in [0.3, 0.4) is 0 Å². The molecule has 0 unspecified atom stereocenters. The van der Waals surface area contributed by atoms with Gasteiger partial charge < -0.3 is 0 Å². The van der Waals surface area contributed by atoms with Crippen LogP contribution in [0.4, 0.5) is 8.78 Å². The zero-order valence-corrected chi connectivity index (χ0v) is 9.52. The molecule has 2 saturated heterocycles. The van der Waals surface area contributed by atoms with Gasteiger partial charge in [0.15, 0.2) is 0 Å². The number of rotatable bonds is 1. The lowest BCUT2D eigenvalue weighted by molar-refractivity contribution is 0.0651. The first kappa shape index (κ1) is 10.0. The maximum atomic E-state index is 13.4. The minimum atomic E-state index is -2.36. The second-order valence-electron chi connectivity index (χ2n) is 6.12. The third-order valence-electron chi connectivity index (χ3n) is 5.09. The second-order valence-corrected chi connectivity index (χ2v) is 6.12. The molecule has 0 aromatic rings. The minimum Gasteiger partial charge on any atom is -0.297 e. The van der Waals surface area contributed by atoms with Crippen LogP contribution in [0.15, 0.2) is 0 Å². The number of nitrogens with zero attached hydrogens (tertiary/aromatic N) is 1. The van der Waals surface area contributed by atoms with Crippen molar-refractivity contribution in [3.8, 4) is 0 Å². The number of hydrogen-bond acceptors (Lipinski definition) is 1. The summed E-state index contributed by atoms with van der Waals surface area (Å²) in [6.45, 7) is 6.07. The Bertz CT molecular complexity index is 302. The van der Waals surface area contributed by atoms with Gasteiger partial charge in [0.05, 0.1) is 5.41 Å². The van der Waals surface area contributed by atoms with Crippen molar-refractivity contribution in [3.63, 3.8) is 0 Å². The molecule has 2 atom stereocenters. The van der Waals surface area contributed by atoms with Gasteiger partial charge in [-0.25, -0.2) is 8.78 Å². The lowest BCUT2D eigenvalue weighted by Gasteiger charge is -2.36. The molecular weight excluding hydrogens is 196 g/mol. The Morgan fingerprint density at radius 3 is 2.33 bits per heavy atom. The summed E-state index contributed by atoms with van der Waals surface area (Å²) in [7, 11) is 0. The van der Waals surface area contributed by atoms with Crippen molar-refractivity contribution in [2.45, 2.75) is 51.0 Å². The van der Waals surface area contributed by atoms with E-state index < -0.39 is 11.3 Å². The molecule has 1 aliphatic carbocycles. The quantitative estimate of drug-likeness (QED) is 0.650. The first-order valence-electron chi connectivity index (χ1n) is 6.05. The number of alkyl halides is 2. The summed E-state index contributed by atoms with van der Waals surface area (Å²) in [6, 6.07) is 0. The van der Waals surface area contributed by atoms with Crippen LogP contribution in [0.2, 0.25) is 0 Å². The predicted octanol–water partition coefficient (Wildman–Crippen LogP) is 2.91. The molecule has 2 heterocycles. The molecular formula is C12H19F2N. The molecule has 3 aliphatic rings. The number of fused-ring (bicyclic) bond motifs is 1. The van der Waals surface area contributed by atoms with Gasteiger partial charge in [-0.15, -0.1) is 0 Å². The van der Waals surface area contributed by atoms with Crippen LogP contribution in [-0.4, -0.2) is 29.5 Å². The van der Waals surface area contributed by atoms with E-state index in [9.17, 15) is 8.78 Å². The molecule has 0 aromatic heterocycles. The molecule has 0 radical (unpaired) electrons. The van der Waals surface area contributed by atoms with Crippen LogP contribution in [0, 0.1) is 11.3 Å². The number of hydrogen-bond donors (Lipinski definition) is 0. The molecule has 1 saturated carbocycles. The maximum Gasteiger partial charge on any atom is 0.255 e. The lowest BCUT2D eigenvalue weighted by Crippen LogP contribution is -2.42. The molecule has 0 aromatic carbocycles. The molecule has 3 rings (SSSR count). The molecule has 0 bridgehead atoms. The first-order chi connectivity index (χ1) is 6.92. The second kappa shape index (κ2) is 2.55. The SMILES string of the molecule is CC(C)[C@@]12CCCN1C[C@]1(CC1(F)F)C2. The molecule has 0 amide bonds. The summed E-state index contributed by atoms with van der Waals surface area (Å²) in [5.41, 5.74) is -0.516. The van der Waals surface area contributed by atoms with E-state index in [0.717, 1.165) is 19.4 Å². The summed E-state index contributed by atoms with van der Waals surface area (Å²) in [6.07, 6.45) is 3.21. The average Bonchev–Trinajstić information content (AvgIpc) is 2.46. The van der Waals surface area contributed by atoms with Gasteiger partial charge in [-0.05, 0) is 31.7 Å². The minimum absolute atomic E-state index is 0.111. The van der Waals surface area contributed by atoms with E-state index in [0.29, 0.717) is 12.5 Å². The maximum absolute atomic E-state index is 13.4. The van der Waals surface area contributed by atoms with E-state index in [1.807, 2.05) is 0 Å². The summed E-state index contributed by atoms with van der Waals surface area (Å²) >= 11 is 0. The molecule has 3 fully saturated rings. The van der Waals surface area contributed by atoms with Crippen molar-refractivity contribution < 1.29 is 8.78 Å². The summed E-state index contributed by atoms with van der Waals surface area (Å²) < 4.78 is 26.8. The van der Waals surface area contributed by atoms with Crippen LogP contribution in [0.1, 0.15) is 39.5 Å². The highest BCUT2D eigenvalue weighted by Gasteiger charge is 2.77. The number of halogens is 2. The molecule has 0 N–H and O–H groups in total. The van der Waals surface area contributed by atoms with E-state index in [4.69, 9.17) is 0 Å². The van der Waals surface area contributed by atoms with E-state index >= 15 is 0 Å². The van der Waals surface area contributed by atoms with Gasteiger partial charge in [-0.2, -0.15) is 0 Å². The van der Waals surface area contributed by atoms with E-state index in [2.05, 4.69) is 18.7 Å². The van der Waals surface area contributed by atoms with Crippen LogP contribution in [0.5, 0.6) is 0 Å². The Balaban J connectivity index is 1.90. The van der Waals surface area contributed by atoms with Crippen LogP contribution >= 0.6 is 0 Å². The lowest BCUT2D eigenvalue weighted by atomic mass is 9.79. The van der Waals surface area contributed by atoms with Gasteiger partial charge in [-0.3, -0.25) is 4.90 Å². The molecule has 86 valence electrons. The Labute approximate surface area is 89.8 Å². The Kier molecular flexibility index (Phi) is 1.70. The fourth-order valence-electron chi connectivity index (χ4n) is 4.00. The van der Waals surface area contributed by atoms with Crippen molar-refractivity contribution in [3.05, 3.63) is 0 Å². The Morgan fingerprint density at radius 1 is 1.20 bits per heavy atom. The van der Waals surface area contributed by atoms with Gasteiger partial charge in [-0.1, -0.05) is 13.8 Å². The summed E-state index contributed by atoms with van der Waals surface area (Å²) in [5.74, 6) is -1.85. The van der Waals surface area contributed by atoms with Crippen LogP contribution in [-0.2, 0) is 0 Å². The van der Waals surface area contributed by atoms with Crippen molar-refractivity contribution in [2.75, 3.05) is 13.1 Å². The van der Waals surface area contributed by atoms with Crippen molar-refractivity contribution >= 4 is 0 Å². The standard InChI is InChI=1S/C12H19F2N/c1-9(2)11-4-3-5-15(11)8-10(6-11)7-12(10,13)14/h9H,3-8H2,1-2H3/t10-,11+/m1/s1. The van der Waals surface area contributed by atoms with Gasteiger partial charge in [0.1, 0.15) is 0 Å². The van der Waals surface area contributed by atoms with Gasteiger partial charge in [0.2, 0.25) is 0 Å². The largest absolute Gasteiger partial charge is 0.297 e. The molecule has 2 aliphatic heterocycles. The van der Waals surface area contributed by atoms with E-state index in [1.165, 1.54) is 6.42 Å². The van der Waals surface area contributed by atoms with E-state index in [-0.39, 0.29) is 12.0 Å². The third-order valence-corrected chi connectivity index (χ3v) is 5.09. The zero-order valence-electron chi connectivity index (χ0n) is 9.52. The first-order valence-corrected chi connectivity index (χ1v) is 6.05. The smallest absolute Gasteiger partial charge is 0.255 e. The normalized spacial score (nSPS) is 47.8. The van der Waals surface area contributed by atoms with Crippen molar-refractivity contribution in [1.82, 2.24) is 4.90 Å². The van der Waals surface area contributed by atoms with Crippen molar-refractivity contribution in [2.24, 2.45) is 11.3 Å². The summed E-state index contributed by atoms with van der Waals surface area (Å²) in [4.78, 5) is 2.36. The third kappa shape index (κ3) is 1.05. The van der Waals surface area contributed by atoms with Crippen LogP contribution < -0.4 is 0 Å². The summed E-state index contributed by atoms with van der Waals surface area (Å²) in [5, 5.41) is 0. The fraction of sp³-hybridized carbons (Fsp3) is 1.00. The average molecular weight is 215 g/mol. The zero-order chi connectivity index (χ0) is 10.9. The van der Waals surface area contributed by atoms with Crippen molar-refractivity contribution in [1.29, 1.82) is 0 Å². The van der Waals surface area contributed by atoms with Gasteiger partial charge in [0, 0.05) is 18.5 Å². The molecule has 1 nitrogen and oxygen atoms in total. The van der Waals surface area contributed by atoms with Gasteiger partial charge in [0.25, 0.3) is 5.92 Å². The monoisotopic (exact) mass is 215 g/mol.